The summed E-state index contributed by atoms with van der Waals surface area (Å²) in [7, 11) is 1.62. The highest BCUT2D eigenvalue weighted by Gasteiger charge is 2.38. The summed E-state index contributed by atoms with van der Waals surface area (Å²) in [5, 5.41) is 10.5. The molecule has 0 radical (unpaired) electrons. The van der Waals surface area contributed by atoms with Gasteiger partial charge in [0.25, 0.3) is 0 Å². The zero-order valence-electron chi connectivity index (χ0n) is 21.2. The minimum Gasteiger partial charge on any atom is -0.497 e. The summed E-state index contributed by atoms with van der Waals surface area (Å²) in [5.41, 5.74) is 3.25. The Balaban J connectivity index is 1.78. The van der Waals surface area contributed by atoms with Crippen LogP contribution in [0.2, 0.25) is 5.02 Å². The zero-order chi connectivity index (χ0) is 26.8. The number of nitrogens with zero attached hydrogens (tertiary/aromatic N) is 3. The van der Waals surface area contributed by atoms with E-state index in [2.05, 4.69) is 11.4 Å². The van der Waals surface area contributed by atoms with Gasteiger partial charge < -0.3 is 10.1 Å². The van der Waals surface area contributed by atoms with Crippen LogP contribution in [0.1, 0.15) is 29.5 Å². The summed E-state index contributed by atoms with van der Waals surface area (Å²) in [4.78, 5) is 29.3. The number of nitrogens with one attached hydrogen (secondary N) is 1. The van der Waals surface area contributed by atoms with Gasteiger partial charge in [0.1, 0.15) is 18.1 Å². The van der Waals surface area contributed by atoms with Gasteiger partial charge in [-0.15, -0.1) is 23.1 Å². The molecule has 1 N–H and O–H groups in total. The molecule has 1 aliphatic heterocycles. The number of ether oxygens (including phenoxy) is 1. The van der Waals surface area contributed by atoms with Crippen LogP contribution in [0.5, 0.6) is 5.75 Å². The van der Waals surface area contributed by atoms with Gasteiger partial charge in [0.15, 0.2) is 0 Å². The Labute approximate surface area is 234 Å². The number of aromatic nitrogens is 2. The van der Waals surface area contributed by atoms with E-state index in [0.29, 0.717) is 16.6 Å². The Hall–Kier alpha value is -3.27. The molecule has 0 fully saturated rings. The van der Waals surface area contributed by atoms with E-state index in [0.717, 1.165) is 27.4 Å². The molecule has 2 amide bonds. The fourth-order valence-corrected chi connectivity index (χ4v) is 6.72. The van der Waals surface area contributed by atoms with Gasteiger partial charge in [-0.2, -0.15) is 5.10 Å². The molecule has 0 saturated heterocycles. The smallest absolute Gasteiger partial charge is 0.240 e. The van der Waals surface area contributed by atoms with Crippen molar-refractivity contribution in [3.63, 3.8) is 0 Å². The number of fused-ring (bicyclic) bond motifs is 1. The van der Waals surface area contributed by atoms with E-state index in [-0.39, 0.29) is 35.4 Å². The summed E-state index contributed by atoms with van der Waals surface area (Å²) in [5.74, 6) is 1.16. The Morgan fingerprint density at radius 1 is 1.16 bits per heavy atom. The topological polar surface area (TPSA) is 76.5 Å². The number of rotatable bonds is 7. The maximum absolute atomic E-state index is 13.6. The molecule has 0 saturated carbocycles. The minimum atomic E-state index is -0.227. The molecular weight excluding hydrogens is 540 g/mol. The van der Waals surface area contributed by atoms with Crippen LogP contribution in [0.3, 0.4) is 0 Å². The van der Waals surface area contributed by atoms with Crippen molar-refractivity contribution >= 4 is 52.3 Å². The highest BCUT2D eigenvalue weighted by Crippen LogP contribution is 2.49. The Kier molecular flexibility index (Phi) is 7.78. The van der Waals surface area contributed by atoms with E-state index in [4.69, 9.17) is 21.4 Å². The van der Waals surface area contributed by atoms with Crippen LogP contribution in [0.25, 0.3) is 16.9 Å². The average Bonchev–Trinajstić information content (AvgIpc) is 3.54. The molecule has 2 aromatic carbocycles. The maximum atomic E-state index is 13.6. The second-order valence-electron chi connectivity index (χ2n) is 9.11. The molecule has 196 valence electrons. The lowest BCUT2D eigenvalue weighted by molar-refractivity contribution is -0.123. The predicted octanol–water partition coefficient (Wildman–Crippen LogP) is 5.96. The van der Waals surface area contributed by atoms with Crippen molar-refractivity contribution in [3.8, 4) is 22.7 Å². The van der Waals surface area contributed by atoms with Crippen molar-refractivity contribution in [3.05, 3.63) is 81.5 Å². The van der Waals surface area contributed by atoms with Crippen LogP contribution >= 0.6 is 34.7 Å². The second-order valence-corrected chi connectivity index (χ2v) is 11.6. The Morgan fingerprint density at radius 2 is 1.89 bits per heavy atom. The molecule has 1 aliphatic rings. The lowest BCUT2D eigenvalue weighted by Gasteiger charge is -2.23. The molecule has 1 unspecified atom stereocenters. The first-order chi connectivity index (χ1) is 18.4. The molecule has 3 heterocycles. The number of carbonyl (C=O) groups is 2. The Morgan fingerprint density at radius 3 is 2.53 bits per heavy atom. The van der Waals surface area contributed by atoms with Gasteiger partial charge in [-0.1, -0.05) is 29.8 Å². The fourth-order valence-electron chi connectivity index (χ4n) is 4.42. The van der Waals surface area contributed by atoms with Crippen molar-refractivity contribution in [2.75, 3.05) is 24.3 Å². The molecule has 10 heteroatoms. The second kappa shape index (κ2) is 11.2. The molecule has 5 rings (SSSR count). The van der Waals surface area contributed by atoms with E-state index in [1.54, 1.807) is 39.8 Å². The molecule has 7 nitrogen and oxygen atoms in total. The number of hydrogen-bond donors (Lipinski definition) is 1. The number of methoxy groups -OCH3 is 1. The Bertz CT molecular complexity index is 1430. The molecule has 4 aromatic rings. The van der Waals surface area contributed by atoms with E-state index >= 15 is 0 Å². The highest BCUT2D eigenvalue weighted by molar-refractivity contribution is 8.00. The van der Waals surface area contributed by atoms with Crippen LogP contribution in [0.15, 0.2) is 66.0 Å². The van der Waals surface area contributed by atoms with E-state index in [1.165, 1.54) is 0 Å². The third kappa shape index (κ3) is 5.32. The van der Waals surface area contributed by atoms with Gasteiger partial charge in [-0.3, -0.25) is 14.5 Å². The van der Waals surface area contributed by atoms with Gasteiger partial charge in [-0.05, 0) is 61.7 Å². The molecule has 0 bridgehead atoms. The van der Waals surface area contributed by atoms with E-state index in [1.807, 2.05) is 73.8 Å². The average molecular weight is 567 g/mol. The van der Waals surface area contributed by atoms with E-state index in [9.17, 15) is 9.59 Å². The maximum Gasteiger partial charge on any atom is 0.240 e. The normalized spacial score (nSPS) is 15.3. The number of halogens is 1. The zero-order valence-corrected chi connectivity index (χ0v) is 23.6. The van der Waals surface area contributed by atoms with Gasteiger partial charge in [0, 0.05) is 27.1 Å². The largest absolute Gasteiger partial charge is 0.497 e. The molecular formula is C28H27ClN4O3S2. The van der Waals surface area contributed by atoms with Crippen molar-refractivity contribution in [2.45, 2.75) is 25.1 Å². The van der Waals surface area contributed by atoms with Crippen molar-refractivity contribution < 1.29 is 14.3 Å². The first-order valence-corrected chi connectivity index (χ1v) is 14.4. The molecule has 0 aliphatic carbocycles. The van der Waals surface area contributed by atoms with E-state index < -0.39 is 0 Å². The SMILES string of the molecule is COc1ccc(-n2nc(-c3ccc(Cl)cc3)c3c2N(CC(=O)NC(C)C)C(=O)CSC3c2cccs2)cc1. The van der Waals surface area contributed by atoms with Crippen molar-refractivity contribution in [2.24, 2.45) is 0 Å². The number of amides is 2. The summed E-state index contributed by atoms with van der Waals surface area (Å²) >= 11 is 9.40. The van der Waals surface area contributed by atoms with Gasteiger partial charge >= 0.3 is 0 Å². The molecule has 2 aromatic heterocycles. The lowest BCUT2D eigenvalue weighted by atomic mass is 10.0. The molecule has 38 heavy (non-hydrogen) atoms. The van der Waals surface area contributed by atoms with Crippen LogP contribution in [-0.2, 0) is 9.59 Å². The van der Waals surface area contributed by atoms with Gasteiger partial charge in [0.2, 0.25) is 11.8 Å². The number of benzene rings is 2. The van der Waals surface area contributed by atoms with Gasteiger partial charge in [0.05, 0.1) is 29.5 Å². The van der Waals surface area contributed by atoms with Crippen molar-refractivity contribution in [1.29, 1.82) is 0 Å². The van der Waals surface area contributed by atoms with Crippen molar-refractivity contribution in [1.82, 2.24) is 15.1 Å². The summed E-state index contributed by atoms with van der Waals surface area (Å²) < 4.78 is 7.13. The van der Waals surface area contributed by atoms with Gasteiger partial charge in [-0.25, -0.2) is 4.68 Å². The number of carbonyl (C=O) groups excluding carboxylic acids is 2. The third-order valence-electron chi connectivity index (χ3n) is 6.08. The monoisotopic (exact) mass is 566 g/mol. The van der Waals surface area contributed by atoms with Crippen LogP contribution in [0.4, 0.5) is 5.82 Å². The number of anilines is 1. The fraction of sp³-hybridized carbons (Fsp3) is 0.250. The summed E-state index contributed by atoms with van der Waals surface area (Å²) in [6.45, 7) is 3.69. The lowest BCUT2D eigenvalue weighted by Crippen LogP contribution is -2.44. The predicted molar refractivity (Wildman–Crippen MR) is 155 cm³/mol. The third-order valence-corrected chi connectivity index (χ3v) is 8.65. The molecule has 1 atom stereocenters. The molecule has 0 spiro atoms. The number of thiophene rings is 1. The quantitative estimate of drug-likeness (QED) is 0.299. The van der Waals surface area contributed by atoms with Crippen LogP contribution in [-0.4, -0.2) is 47.0 Å². The number of hydrogen-bond acceptors (Lipinski definition) is 6. The highest BCUT2D eigenvalue weighted by atomic mass is 35.5. The summed E-state index contributed by atoms with van der Waals surface area (Å²) in [6, 6.07) is 19.1. The van der Waals surface area contributed by atoms with Crippen LogP contribution in [0, 0.1) is 0 Å². The number of thioether (sulfide) groups is 1. The first-order valence-electron chi connectivity index (χ1n) is 12.1. The van der Waals surface area contributed by atoms with Crippen LogP contribution < -0.4 is 15.0 Å². The first kappa shape index (κ1) is 26.3. The summed E-state index contributed by atoms with van der Waals surface area (Å²) in [6.07, 6.45) is 0. The minimum absolute atomic E-state index is 0.0478. The standard InChI is InChI=1S/C28H27ClN4O3S2/c1-17(2)30-23(34)15-32-24(35)16-38-27(22-5-4-14-37-22)25-26(18-6-8-19(29)9-7-18)31-33(28(25)32)20-10-12-21(36-3)13-11-20/h4-14,17,27H,15-16H2,1-3H3,(H,30,34).